The molecule has 3 rings (SSSR count). The largest absolute Gasteiger partial charge is 0.478 e. The third-order valence-corrected chi connectivity index (χ3v) is 4.80. The normalized spacial score (nSPS) is 15.3. The van der Waals surface area contributed by atoms with Crippen molar-refractivity contribution in [3.8, 4) is 0 Å². The highest BCUT2D eigenvalue weighted by Crippen LogP contribution is 2.25. The summed E-state index contributed by atoms with van der Waals surface area (Å²) in [6.45, 7) is 1.65. The molecule has 8 nitrogen and oxygen atoms in total. The molecule has 2 aromatic carbocycles. The van der Waals surface area contributed by atoms with E-state index in [-0.39, 0.29) is 11.4 Å². The van der Waals surface area contributed by atoms with Crippen LogP contribution in [0, 0.1) is 6.92 Å². The lowest BCUT2D eigenvalue weighted by Crippen LogP contribution is -2.27. The minimum absolute atomic E-state index is 0.0488. The van der Waals surface area contributed by atoms with Gasteiger partial charge in [-0.05, 0) is 36.3 Å². The Morgan fingerprint density at radius 3 is 2.52 bits per heavy atom. The van der Waals surface area contributed by atoms with Crippen LogP contribution in [0.3, 0.4) is 0 Å². The second-order valence-corrected chi connectivity index (χ2v) is 7.22. The SMILES string of the molecule is Cc1ccc(N/N=C2/C(=O)C(C(=O)O)=Cc3ccccc32)c(S(=O)(=O)O)c1. The number of rotatable bonds is 4. The van der Waals surface area contributed by atoms with Crippen LogP contribution in [-0.4, -0.2) is 35.5 Å². The number of carbonyl (C=O) groups is 2. The molecular formula is C18H14N2O6S. The molecule has 0 spiro atoms. The van der Waals surface area contributed by atoms with Crippen LogP contribution in [0.5, 0.6) is 0 Å². The van der Waals surface area contributed by atoms with E-state index in [1.807, 2.05) is 0 Å². The summed E-state index contributed by atoms with van der Waals surface area (Å²) in [6.07, 6.45) is 1.26. The van der Waals surface area contributed by atoms with Gasteiger partial charge in [0.05, 0.1) is 5.69 Å². The Balaban J connectivity index is 2.10. The molecule has 27 heavy (non-hydrogen) atoms. The molecule has 0 amide bonds. The van der Waals surface area contributed by atoms with Gasteiger partial charge < -0.3 is 5.11 Å². The molecule has 0 unspecified atom stereocenters. The Kier molecular flexibility index (Phi) is 4.64. The van der Waals surface area contributed by atoms with E-state index in [0.717, 1.165) is 0 Å². The summed E-state index contributed by atoms with van der Waals surface area (Å²) >= 11 is 0. The average molecular weight is 386 g/mol. The van der Waals surface area contributed by atoms with Crippen LogP contribution >= 0.6 is 0 Å². The van der Waals surface area contributed by atoms with Gasteiger partial charge in [0.1, 0.15) is 16.2 Å². The van der Waals surface area contributed by atoms with Gasteiger partial charge in [0.15, 0.2) is 0 Å². The number of Topliss-reactive ketones (excluding diaryl/α,β-unsaturated/α-hetero) is 1. The number of hydrogen-bond acceptors (Lipinski definition) is 6. The van der Waals surface area contributed by atoms with Crippen molar-refractivity contribution in [2.24, 2.45) is 5.10 Å². The van der Waals surface area contributed by atoms with E-state index in [1.54, 1.807) is 37.3 Å². The van der Waals surface area contributed by atoms with Crippen molar-refractivity contribution >= 4 is 39.3 Å². The number of nitrogens with zero attached hydrogens (tertiary/aromatic N) is 1. The van der Waals surface area contributed by atoms with Crippen LogP contribution in [0.1, 0.15) is 16.7 Å². The zero-order chi connectivity index (χ0) is 19.8. The van der Waals surface area contributed by atoms with Crippen LogP contribution in [0.4, 0.5) is 5.69 Å². The smallest absolute Gasteiger partial charge is 0.339 e. The maximum atomic E-state index is 12.5. The average Bonchev–Trinajstić information content (AvgIpc) is 2.60. The van der Waals surface area contributed by atoms with Gasteiger partial charge in [0.2, 0.25) is 5.78 Å². The van der Waals surface area contributed by atoms with Crippen LogP contribution in [0.25, 0.3) is 6.08 Å². The van der Waals surface area contributed by atoms with Gasteiger partial charge in [-0.3, -0.25) is 14.8 Å². The standard InChI is InChI=1S/C18H14N2O6S/c1-10-6-7-14(15(8-10)27(24,25)26)19-20-16-12-5-3-2-4-11(12)9-13(17(16)21)18(22)23/h2-9,19H,1H3,(H,22,23)(H,24,25,26)/b20-16+. The van der Waals surface area contributed by atoms with Crippen LogP contribution in [0.2, 0.25) is 0 Å². The lowest BCUT2D eigenvalue weighted by molar-refractivity contribution is -0.133. The first-order chi connectivity index (χ1) is 12.7. The topological polar surface area (TPSA) is 133 Å². The van der Waals surface area contributed by atoms with Crippen molar-refractivity contribution in [3.05, 3.63) is 64.7 Å². The van der Waals surface area contributed by atoms with E-state index < -0.39 is 32.3 Å². The molecular weight excluding hydrogens is 372 g/mol. The highest BCUT2D eigenvalue weighted by atomic mass is 32.2. The lowest BCUT2D eigenvalue weighted by Gasteiger charge is -2.16. The molecule has 0 saturated carbocycles. The van der Waals surface area contributed by atoms with Crippen molar-refractivity contribution < 1.29 is 27.7 Å². The summed E-state index contributed by atoms with van der Waals surface area (Å²) in [4.78, 5) is 23.4. The first-order valence-electron chi connectivity index (χ1n) is 7.69. The highest BCUT2D eigenvalue weighted by Gasteiger charge is 2.30. The van der Waals surface area contributed by atoms with Crippen molar-refractivity contribution in [1.29, 1.82) is 0 Å². The van der Waals surface area contributed by atoms with Crippen LogP contribution in [0.15, 0.2) is 58.0 Å². The van der Waals surface area contributed by atoms with Crippen LogP contribution < -0.4 is 5.43 Å². The van der Waals surface area contributed by atoms with E-state index in [4.69, 9.17) is 0 Å². The summed E-state index contributed by atoms with van der Waals surface area (Å²) in [7, 11) is -4.53. The van der Waals surface area contributed by atoms with Gasteiger partial charge in [0, 0.05) is 5.56 Å². The van der Waals surface area contributed by atoms with E-state index >= 15 is 0 Å². The molecule has 0 bridgehead atoms. The predicted molar refractivity (Wildman–Crippen MR) is 98.2 cm³/mol. The fourth-order valence-electron chi connectivity index (χ4n) is 2.63. The molecule has 0 aliphatic heterocycles. The molecule has 0 atom stereocenters. The van der Waals surface area contributed by atoms with E-state index in [0.29, 0.717) is 16.7 Å². The molecule has 0 radical (unpaired) electrons. The fourth-order valence-corrected chi connectivity index (χ4v) is 3.36. The number of carboxylic acids is 1. The molecule has 1 aliphatic rings. The van der Waals surface area contributed by atoms with Gasteiger partial charge in [-0.15, -0.1) is 0 Å². The maximum Gasteiger partial charge on any atom is 0.339 e. The number of hydrogen-bond donors (Lipinski definition) is 3. The number of aryl methyl sites for hydroxylation is 1. The van der Waals surface area contributed by atoms with Gasteiger partial charge in [0.25, 0.3) is 10.1 Å². The second-order valence-electron chi connectivity index (χ2n) is 5.83. The van der Waals surface area contributed by atoms with E-state index in [1.165, 1.54) is 18.2 Å². The van der Waals surface area contributed by atoms with Crippen molar-refractivity contribution in [2.45, 2.75) is 11.8 Å². The van der Waals surface area contributed by atoms with Gasteiger partial charge in [-0.25, -0.2) is 4.79 Å². The number of aliphatic carboxylic acids is 1. The molecule has 0 saturated heterocycles. The Hall–Kier alpha value is -3.30. The molecule has 0 aromatic heterocycles. The first kappa shape index (κ1) is 18.5. The van der Waals surface area contributed by atoms with Gasteiger partial charge in [-0.2, -0.15) is 13.5 Å². The molecule has 1 aliphatic carbocycles. The third kappa shape index (κ3) is 3.64. The quantitative estimate of drug-likeness (QED) is 0.416. The maximum absolute atomic E-state index is 12.5. The third-order valence-electron chi connectivity index (χ3n) is 3.91. The number of carboxylic acid groups (broad SMARTS) is 1. The Morgan fingerprint density at radius 1 is 1.15 bits per heavy atom. The number of anilines is 1. The van der Waals surface area contributed by atoms with E-state index in [9.17, 15) is 27.7 Å². The van der Waals surface area contributed by atoms with Crippen molar-refractivity contribution in [3.63, 3.8) is 0 Å². The fraction of sp³-hybridized carbons (Fsp3) is 0.0556. The molecule has 2 aromatic rings. The van der Waals surface area contributed by atoms with Gasteiger partial charge >= 0.3 is 5.97 Å². The molecule has 0 fully saturated rings. The van der Waals surface area contributed by atoms with Crippen molar-refractivity contribution in [2.75, 3.05) is 5.43 Å². The zero-order valence-corrected chi connectivity index (χ0v) is 14.8. The first-order valence-corrected chi connectivity index (χ1v) is 9.13. The Labute approximate surface area is 154 Å². The molecule has 138 valence electrons. The summed E-state index contributed by atoms with van der Waals surface area (Å²) < 4.78 is 32.5. The summed E-state index contributed by atoms with van der Waals surface area (Å²) in [6, 6.07) is 10.8. The predicted octanol–water partition coefficient (Wildman–Crippen LogP) is 2.11. The lowest BCUT2D eigenvalue weighted by atomic mass is 9.89. The number of fused-ring (bicyclic) bond motifs is 1. The number of carbonyl (C=O) groups excluding carboxylic acids is 1. The second kappa shape index (κ2) is 6.78. The molecule has 0 heterocycles. The summed E-state index contributed by atoms with van der Waals surface area (Å²) in [5, 5.41) is 13.2. The minimum atomic E-state index is -4.53. The monoisotopic (exact) mass is 386 g/mol. The molecule has 3 N–H and O–H groups in total. The van der Waals surface area contributed by atoms with Crippen LogP contribution in [-0.2, 0) is 19.7 Å². The van der Waals surface area contributed by atoms with Gasteiger partial charge in [-0.1, -0.05) is 30.3 Å². The highest BCUT2D eigenvalue weighted by molar-refractivity contribution is 7.86. The molecule has 9 heteroatoms. The Bertz CT molecular complexity index is 1130. The Morgan fingerprint density at radius 2 is 1.85 bits per heavy atom. The number of hydrazone groups is 1. The number of benzene rings is 2. The number of ketones is 1. The number of nitrogens with one attached hydrogen (secondary N) is 1. The van der Waals surface area contributed by atoms with E-state index in [2.05, 4.69) is 10.5 Å². The zero-order valence-electron chi connectivity index (χ0n) is 14.0. The minimum Gasteiger partial charge on any atom is -0.478 e. The summed E-state index contributed by atoms with van der Waals surface area (Å²) in [5.41, 5.74) is 3.27. The van der Waals surface area contributed by atoms with Crippen molar-refractivity contribution in [1.82, 2.24) is 0 Å². The summed E-state index contributed by atoms with van der Waals surface area (Å²) in [5.74, 6) is -2.20.